The van der Waals surface area contributed by atoms with Crippen LogP contribution in [-0.4, -0.2) is 50.8 Å². The lowest BCUT2D eigenvalue weighted by Gasteiger charge is -2.42. The van der Waals surface area contributed by atoms with Crippen molar-refractivity contribution in [3.63, 3.8) is 0 Å². The Kier molecular flexibility index (Phi) is 4.00. The molecule has 0 amide bonds. The van der Waals surface area contributed by atoms with Crippen LogP contribution >= 0.6 is 0 Å². The molecule has 1 N–H and O–H groups in total. The lowest BCUT2D eigenvalue weighted by atomic mass is 9.80. The first-order valence-corrected chi connectivity index (χ1v) is 6.35. The maximum atomic E-state index is 5.36. The van der Waals surface area contributed by atoms with E-state index in [0.717, 1.165) is 19.8 Å². The van der Waals surface area contributed by atoms with Gasteiger partial charge in [0.2, 0.25) is 0 Å². The molecule has 0 aliphatic carbocycles. The van der Waals surface area contributed by atoms with Gasteiger partial charge in [0.05, 0.1) is 13.2 Å². The maximum absolute atomic E-state index is 5.36. The highest BCUT2D eigenvalue weighted by Gasteiger charge is 2.36. The zero-order valence-corrected chi connectivity index (χ0v) is 9.93. The SMILES string of the molecule is CCC1(CCN2CCCNCC2)COC1. The van der Waals surface area contributed by atoms with Gasteiger partial charge in [-0.05, 0) is 38.9 Å². The van der Waals surface area contributed by atoms with Crippen molar-refractivity contribution in [2.75, 3.05) is 45.9 Å². The van der Waals surface area contributed by atoms with Crippen LogP contribution in [-0.2, 0) is 4.74 Å². The molecule has 2 aliphatic rings. The molecule has 0 aromatic rings. The molecule has 2 saturated heterocycles. The van der Waals surface area contributed by atoms with Gasteiger partial charge < -0.3 is 15.0 Å². The molecular weight excluding hydrogens is 188 g/mol. The fraction of sp³-hybridized carbons (Fsp3) is 1.00. The molecule has 0 saturated carbocycles. The first-order chi connectivity index (χ1) is 7.35. The van der Waals surface area contributed by atoms with E-state index >= 15 is 0 Å². The number of rotatable bonds is 4. The van der Waals surface area contributed by atoms with E-state index in [1.165, 1.54) is 45.4 Å². The second-order valence-electron chi connectivity index (χ2n) is 5.04. The molecule has 3 nitrogen and oxygen atoms in total. The zero-order valence-electron chi connectivity index (χ0n) is 9.93. The van der Waals surface area contributed by atoms with Crippen LogP contribution in [0.25, 0.3) is 0 Å². The summed E-state index contributed by atoms with van der Waals surface area (Å²) >= 11 is 0. The van der Waals surface area contributed by atoms with Crippen LogP contribution in [0.15, 0.2) is 0 Å². The first-order valence-electron chi connectivity index (χ1n) is 6.35. The Morgan fingerprint density at radius 2 is 2.13 bits per heavy atom. The average molecular weight is 212 g/mol. The summed E-state index contributed by atoms with van der Waals surface area (Å²) in [6, 6.07) is 0. The van der Waals surface area contributed by atoms with Gasteiger partial charge in [0, 0.05) is 18.5 Å². The van der Waals surface area contributed by atoms with Gasteiger partial charge in [0.15, 0.2) is 0 Å². The Morgan fingerprint density at radius 3 is 2.80 bits per heavy atom. The molecule has 15 heavy (non-hydrogen) atoms. The van der Waals surface area contributed by atoms with Crippen LogP contribution in [0.5, 0.6) is 0 Å². The van der Waals surface area contributed by atoms with Gasteiger partial charge in [-0.1, -0.05) is 6.92 Å². The molecule has 2 heterocycles. The quantitative estimate of drug-likeness (QED) is 0.755. The molecule has 2 aliphatic heterocycles. The van der Waals surface area contributed by atoms with Crippen LogP contribution in [0.1, 0.15) is 26.2 Å². The summed E-state index contributed by atoms with van der Waals surface area (Å²) in [4.78, 5) is 2.61. The lowest BCUT2D eigenvalue weighted by molar-refractivity contribution is -0.121. The topological polar surface area (TPSA) is 24.5 Å². The highest BCUT2D eigenvalue weighted by atomic mass is 16.5. The summed E-state index contributed by atoms with van der Waals surface area (Å²) in [6.45, 7) is 10.4. The molecule has 0 unspecified atom stereocenters. The summed E-state index contributed by atoms with van der Waals surface area (Å²) in [7, 11) is 0. The van der Waals surface area contributed by atoms with E-state index in [4.69, 9.17) is 4.74 Å². The minimum atomic E-state index is 0.528. The molecule has 3 heteroatoms. The average Bonchev–Trinajstić information content (AvgIpc) is 2.45. The number of ether oxygens (including phenoxy) is 1. The first kappa shape index (κ1) is 11.4. The van der Waals surface area contributed by atoms with Crippen LogP contribution in [0.2, 0.25) is 0 Å². The predicted molar refractivity (Wildman–Crippen MR) is 62.1 cm³/mol. The second-order valence-corrected chi connectivity index (χ2v) is 5.04. The van der Waals surface area contributed by atoms with Crippen molar-refractivity contribution in [2.45, 2.75) is 26.2 Å². The fourth-order valence-electron chi connectivity index (χ4n) is 2.44. The van der Waals surface area contributed by atoms with E-state index in [-0.39, 0.29) is 0 Å². The van der Waals surface area contributed by atoms with Crippen LogP contribution in [0, 0.1) is 5.41 Å². The molecule has 0 bridgehead atoms. The van der Waals surface area contributed by atoms with E-state index in [2.05, 4.69) is 17.1 Å². The fourth-order valence-corrected chi connectivity index (χ4v) is 2.44. The predicted octanol–water partition coefficient (Wildman–Crippen LogP) is 1.10. The third kappa shape index (κ3) is 2.92. The molecule has 0 radical (unpaired) electrons. The van der Waals surface area contributed by atoms with Crippen molar-refractivity contribution in [2.24, 2.45) is 5.41 Å². The third-order valence-corrected chi connectivity index (χ3v) is 3.96. The minimum Gasteiger partial charge on any atom is -0.380 e. The molecule has 0 spiro atoms. The largest absolute Gasteiger partial charge is 0.380 e. The Morgan fingerprint density at radius 1 is 1.27 bits per heavy atom. The highest BCUT2D eigenvalue weighted by Crippen LogP contribution is 2.34. The molecule has 88 valence electrons. The van der Waals surface area contributed by atoms with Crippen LogP contribution in [0.4, 0.5) is 0 Å². The maximum Gasteiger partial charge on any atom is 0.0545 e. The van der Waals surface area contributed by atoms with Crippen LogP contribution in [0.3, 0.4) is 0 Å². The standard InChI is InChI=1S/C12H24N2O/c1-2-12(10-15-11-12)4-8-14-7-3-5-13-6-9-14/h13H,2-11H2,1H3. The van der Waals surface area contributed by atoms with Crippen molar-refractivity contribution < 1.29 is 4.74 Å². The van der Waals surface area contributed by atoms with E-state index in [0.29, 0.717) is 5.41 Å². The Bertz CT molecular complexity index is 179. The van der Waals surface area contributed by atoms with Gasteiger partial charge in [-0.2, -0.15) is 0 Å². The van der Waals surface area contributed by atoms with E-state index in [9.17, 15) is 0 Å². The van der Waals surface area contributed by atoms with Gasteiger partial charge >= 0.3 is 0 Å². The summed E-state index contributed by atoms with van der Waals surface area (Å²) in [6.07, 6.45) is 3.90. The monoisotopic (exact) mass is 212 g/mol. The van der Waals surface area contributed by atoms with Crippen molar-refractivity contribution in [3.05, 3.63) is 0 Å². The Hall–Kier alpha value is -0.120. The number of hydrogen-bond acceptors (Lipinski definition) is 3. The molecule has 0 aromatic carbocycles. The third-order valence-electron chi connectivity index (χ3n) is 3.96. The van der Waals surface area contributed by atoms with Crippen molar-refractivity contribution in [1.29, 1.82) is 0 Å². The van der Waals surface area contributed by atoms with E-state index in [1.807, 2.05) is 0 Å². The molecule has 0 atom stereocenters. The van der Waals surface area contributed by atoms with Crippen molar-refractivity contribution in [3.8, 4) is 0 Å². The minimum absolute atomic E-state index is 0.528. The van der Waals surface area contributed by atoms with Gasteiger partial charge in [-0.3, -0.25) is 0 Å². The summed E-state index contributed by atoms with van der Waals surface area (Å²) in [5.41, 5.74) is 0.528. The zero-order chi connectivity index (χ0) is 10.6. The van der Waals surface area contributed by atoms with Crippen LogP contribution < -0.4 is 5.32 Å². The summed E-state index contributed by atoms with van der Waals surface area (Å²) < 4.78 is 5.36. The number of nitrogens with one attached hydrogen (secondary N) is 1. The Labute approximate surface area is 93.2 Å². The number of hydrogen-bond donors (Lipinski definition) is 1. The van der Waals surface area contributed by atoms with E-state index in [1.54, 1.807) is 0 Å². The van der Waals surface area contributed by atoms with Gasteiger partial charge in [-0.25, -0.2) is 0 Å². The van der Waals surface area contributed by atoms with Gasteiger partial charge in [-0.15, -0.1) is 0 Å². The summed E-state index contributed by atoms with van der Waals surface area (Å²) in [5, 5.41) is 3.45. The molecule has 2 fully saturated rings. The van der Waals surface area contributed by atoms with Crippen molar-refractivity contribution >= 4 is 0 Å². The molecule has 0 aromatic heterocycles. The lowest BCUT2D eigenvalue weighted by Crippen LogP contribution is -2.44. The smallest absolute Gasteiger partial charge is 0.0545 e. The normalized spacial score (nSPS) is 27.0. The summed E-state index contributed by atoms with van der Waals surface area (Å²) in [5.74, 6) is 0. The molecule has 2 rings (SSSR count). The van der Waals surface area contributed by atoms with Gasteiger partial charge in [0.1, 0.15) is 0 Å². The number of nitrogens with zero attached hydrogens (tertiary/aromatic N) is 1. The molecular formula is C12H24N2O. The van der Waals surface area contributed by atoms with Crippen molar-refractivity contribution in [1.82, 2.24) is 10.2 Å². The highest BCUT2D eigenvalue weighted by molar-refractivity contribution is 4.85. The van der Waals surface area contributed by atoms with E-state index < -0.39 is 0 Å². The van der Waals surface area contributed by atoms with Gasteiger partial charge in [0.25, 0.3) is 0 Å². The Balaban J connectivity index is 1.71. The second kappa shape index (κ2) is 5.28.